The van der Waals surface area contributed by atoms with Gasteiger partial charge in [0.2, 0.25) is 5.91 Å². The third-order valence-electron chi connectivity index (χ3n) is 3.16. The first kappa shape index (κ1) is 16.8. The van der Waals surface area contributed by atoms with E-state index < -0.39 is 11.7 Å². The number of halogens is 2. The van der Waals surface area contributed by atoms with E-state index in [1.54, 1.807) is 25.1 Å². The quantitative estimate of drug-likeness (QED) is 0.785. The standard InChI is InChI=1S/C16H15ClFN3O2/c1-9-3-2-4-13(15(9)16(19)23)20-8-14(22)21-10-5-6-12(18)11(17)7-10/h2-7,20H,8H2,1H3,(H2,19,23)(H,21,22). The van der Waals surface area contributed by atoms with Crippen LogP contribution in [-0.4, -0.2) is 18.4 Å². The molecule has 0 bridgehead atoms. The number of benzene rings is 2. The summed E-state index contributed by atoms with van der Waals surface area (Å²) in [7, 11) is 0. The number of amides is 2. The topological polar surface area (TPSA) is 84.2 Å². The molecule has 4 N–H and O–H groups in total. The van der Waals surface area contributed by atoms with E-state index in [0.717, 1.165) is 6.07 Å². The van der Waals surface area contributed by atoms with Crippen molar-refractivity contribution in [3.8, 4) is 0 Å². The predicted molar refractivity (Wildman–Crippen MR) is 88.2 cm³/mol. The number of hydrogen-bond acceptors (Lipinski definition) is 3. The van der Waals surface area contributed by atoms with E-state index in [1.807, 2.05) is 0 Å². The van der Waals surface area contributed by atoms with Crippen molar-refractivity contribution in [2.24, 2.45) is 5.73 Å². The minimum absolute atomic E-state index is 0.0783. The summed E-state index contributed by atoms with van der Waals surface area (Å²) in [5.41, 5.74) is 7.25. The van der Waals surface area contributed by atoms with Gasteiger partial charge in [-0.3, -0.25) is 9.59 Å². The first-order valence-corrected chi connectivity index (χ1v) is 7.14. The molecule has 5 nitrogen and oxygen atoms in total. The number of primary amides is 1. The molecule has 0 saturated heterocycles. The molecule has 0 aliphatic heterocycles. The lowest BCUT2D eigenvalue weighted by Gasteiger charge is -2.12. The molecule has 0 aromatic heterocycles. The maximum absolute atomic E-state index is 13.1. The number of carbonyl (C=O) groups excluding carboxylic acids is 2. The number of anilines is 2. The Bertz CT molecular complexity index is 765. The van der Waals surface area contributed by atoms with Crippen LogP contribution in [0.4, 0.5) is 15.8 Å². The Morgan fingerprint density at radius 2 is 2.00 bits per heavy atom. The van der Waals surface area contributed by atoms with E-state index in [0.29, 0.717) is 22.5 Å². The minimum atomic E-state index is -0.573. The molecular weight excluding hydrogens is 321 g/mol. The van der Waals surface area contributed by atoms with Gasteiger partial charge in [-0.05, 0) is 36.8 Å². The fourth-order valence-corrected chi connectivity index (χ4v) is 2.28. The number of carbonyl (C=O) groups is 2. The molecule has 0 radical (unpaired) electrons. The van der Waals surface area contributed by atoms with E-state index in [1.165, 1.54) is 12.1 Å². The van der Waals surface area contributed by atoms with E-state index in [-0.39, 0.29) is 17.5 Å². The van der Waals surface area contributed by atoms with Gasteiger partial charge in [-0.2, -0.15) is 0 Å². The van der Waals surface area contributed by atoms with Crippen molar-refractivity contribution in [3.63, 3.8) is 0 Å². The summed E-state index contributed by atoms with van der Waals surface area (Å²) in [4.78, 5) is 23.4. The SMILES string of the molecule is Cc1cccc(NCC(=O)Nc2ccc(F)c(Cl)c2)c1C(N)=O. The van der Waals surface area contributed by atoms with E-state index >= 15 is 0 Å². The Morgan fingerprint density at radius 3 is 2.65 bits per heavy atom. The lowest BCUT2D eigenvalue weighted by atomic mass is 10.1. The maximum Gasteiger partial charge on any atom is 0.251 e. The number of nitrogens with two attached hydrogens (primary N) is 1. The van der Waals surface area contributed by atoms with Gasteiger partial charge in [-0.25, -0.2) is 4.39 Å². The highest BCUT2D eigenvalue weighted by molar-refractivity contribution is 6.31. The highest BCUT2D eigenvalue weighted by atomic mass is 35.5. The lowest BCUT2D eigenvalue weighted by molar-refractivity contribution is -0.114. The molecule has 0 saturated carbocycles. The smallest absolute Gasteiger partial charge is 0.251 e. The summed E-state index contributed by atoms with van der Waals surface area (Å²) in [6.07, 6.45) is 0. The molecule has 2 aromatic rings. The van der Waals surface area contributed by atoms with Crippen molar-refractivity contribution in [1.29, 1.82) is 0 Å². The second kappa shape index (κ2) is 7.11. The van der Waals surface area contributed by atoms with Gasteiger partial charge in [0.05, 0.1) is 17.1 Å². The monoisotopic (exact) mass is 335 g/mol. The van der Waals surface area contributed by atoms with Crippen molar-refractivity contribution in [2.75, 3.05) is 17.2 Å². The molecule has 7 heteroatoms. The largest absolute Gasteiger partial charge is 0.375 e. The van der Waals surface area contributed by atoms with Gasteiger partial charge in [0.15, 0.2) is 0 Å². The molecule has 120 valence electrons. The molecule has 0 aliphatic rings. The third kappa shape index (κ3) is 4.20. The van der Waals surface area contributed by atoms with Crippen molar-refractivity contribution in [2.45, 2.75) is 6.92 Å². The van der Waals surface area contributed by atoms with Gasteiger partial charge >= 0.3 is 0 Å². The zero-order valence-electron chi connectivity index (χ0n) is 12.3. The molecule has 0 spiro atoms. The van der Waals surface area contributed by atoms with Crippen molar-refractivity contribution >= 4 is 34.8 Å². The molecule has 0 heterocycles. The highest BCUT2D eigenvalue weighted by Crippen LogP contribution is 2.20. The molecular formula is C16H15ClFN3O2. The van der Waals surface area contributed by atoms with Crippen molar-refractivity contribution in [1.82, 2.24) is 0 Å². The first-order valence-electron chi connectivity index (χ1n) is 6.76. The number of aryl methyl sites for hydroxylation is 1. The van der Waals surface area contributed by atoms with Gasteiger partial charge in [0.25, 0.3) is 5.91 Å². The molecule has 0 unspecified atom stereocenters. The average molecular weight is 336 g/mol. The van der Waals surface area contributed by atoms with Crippen LogP contribution >= 0.6 is 11.6 Å². The van der Waals surface area contributed by atoms with E-state index in [4.69, 9.17) is 17.3 Å². The van der Waals surface area contributed by atoms with Crippen molar-refractivity contribution < 1.29 is 14.0 Å². The Labute approximate surface area is 137 Å². The van der Waals surface area contributed by atoms with Crippen LogP contribution in [0.3, 0.4) is 0 Å². The number of hydrogen-bond donors (Lipinski definition) is 3. The number of nitrogens with one attached hydrogen (secondary N) is 2. The molecule has 0 atom stereocenters. The second-order valence-corrected chi connectivity index (χ2v) is 5.30. The van der Waals surface area contributed by atoms with Crippen LogP contribution in [0.15, 0.2) is 36.4 Å². The lowest BCUT2D eigenvalue weighted by Crippen LogP contribution is -2.24. The highest BCUT2D eigenvalue weighted by Gasteiger charge is 2.12. The average Bonchev–Trinajstić information content (AvgIpc) is 2.48. The third-order valence-corrected chi connectivity index (χ3v) is 3.45. The van der Waals surface area contributed by atoms with Gasteiger partial charge in [-0.15, -0.1) is 0 Å². The Kier molecular flexibility index (Phi) is 5.18. The summed E-state index contributed by atoms with van der Waals surface area (Å²) >= 11 is 5.65. The normalized spacial score (nSPS) is 10.2. The second-order valence-electron chi connectivity index (χ2n) is 4.89. The zero-order valence-corrected chi connectivity index (χ0v) is 13.1. The molecule has 0 fully saturated rings. The predicted octanol–water partition coefficient (Wildman–Crippen LogP) is 2.94. The van der Waals surface area contributed by atoms with Gasteiger partial charge in [0, 0.05) is 11.4 Å². The summed E-state index contributed by atoms with van der Waals surface area (Å²) in [5, 5.41) is 5.36. The first-order chi connectivity index (χ1) is 10.9. The Hall–Kier alpha value is -2.60. The van der Waals surface area contributed by atoms with Crippen LogP contribution in [0.1, 0.15) is 15.9 Å². The van der Waals surface area contributed by atoms with Gasteiger partial charge in [0.1, 0.15) is 5.82 Å². The molecule has 23 heavy (non-hydrogen) atoms. The molecule has 2 rings (SSSR count). The Balaban J connectivity index is 2.03. The van der Waals surface area contributed by atoms with E-state index in [9.17, 15) is 14.0 Å². The molecule has 2 amide bonds. The minimum Gasteiger partial charge on any atom is -0.375 e. The van der Waals surface area contributed by atoms with Crippen LogP contribution in [0.5, 0.6) is 0 Å². The van der Waals surface area contributed by atoms with E-state index in [2.05, 4.69) is 10.6 Å². The summed E-state index contributed by atoms with van der Waals surface area (Å²) in [5.74, 6) is -1.51. The fraction of sp³-hybridized carbons (Fsp3) is 0.125. The van der Waals surface area contributed by atoms with Crippen molar-refractivity contribution in [3.05, 3.63) is 58.4 Å². The fourth-order valence-electron chi connectivity index (χ4n) is 2.10. The summed E-state index contributed by atoms with van der Waals surface area (Å²) < 4.78 is 13.1. The van der Waals surface area contributed by atoms with Crippen LogP contribution < -0.4 is 16.4 Å². The van der Waals surface area contributed by atoms with Crippen LogP contribution in [0, 0.1) is 12.7 Å². The number of rotatable bonds is 5. The maximum atomic E-state index is 13.1. The molecule has 2 aromatic carbocycles. The summed E-state index contributed by atoms with van der Waals surface area (Å²) in [6, 6.07) is 9.05. The Morgan fingerprint density at radius 1 is 1.26 bits per heavy atom. The summed E-state index contributed by atoms with van der Waals surface area (Å²) in [6.45, 7) is 1.67. The van der Waals surface area contributed by atoms with Gasteiger partial charge < -0.3 is 16.4 Å². The molecule has 0 aliphatic carbocycles. The van der Waals surface area contributed by atoms with Crippen LogP contribution in [-0.2, 0) is 4.79 Å². The van der Waals surface area contributed by atoms with Crippen LogP contribution in [0.25, 0.3) is 0 Å². The van der Waals surface area contributed by atoms with Gasteiger partial charge in [-0.1, -0.05) is 23.7 Å². The zero-order chi connectivity index (χ0) is 17.0. The van der Waals surface area contributed by atoms with Crippen LogP contribution in [0.2, 0.25) is 5.02 Å².